The first-order valence-corrected chi connectivity index (χ1v) is 8.77. The smallest absolute Gasteiger partial charge is 0.315 e. The van der Waals surface area contributed by atoms with Crippen LogP contribution >= 0.6 is 0 Å². The van der Waals surface area contributed by atoms with Crippen molar-refractivity contribution in [2.24, 2.45) is 0 Å². The number of hydrogen-bond acceptors (Lipinski definition) is 3. The zero-order valence-corrected chi connectivity index (χ0v) is 14.4. The highest BCUT2D eigenvalue weighted by molar-refractivity contribution is 5.75. The highest BCUT2D eigenvalue weighted by Crippen LogP contribution is 2.21. The van der Waals surface area contributed by atoms with Crippen LogP contribution < -0.4 is 10.6 Å². The lowest BCUT2D eigenvalue weighted by molar-refractivity contribution is 0.0387. The maximum Gasteiger partial charge on any atom is 0.315 e. The minimum Gasteiger partial charge on any atom is -0.379 e. The Hall–Kier alpha value is -2.37. The number of amides is 2. The Morgan fingerprint density at radius 2 is 1.52 bits per heavy atom. The van der Waals surface area contributed by atoms with E-state index in [-0.39, 0.29) is 12.1 Å². The highest BCUT2D eigenvalue weighted by Gasteiger charge is 2.16. The van der Waals surface area contributed by atoms with Gasteiger partial charge in [0.05, 0.1) is 19.3 Å². The molecule has 5 heteroatoms. The zero-order valence-electron chi connectivity index (χ0n) is 14.4. The van der Waals surface area contributed by atoms with Gasteiger partial charge in [-0.1, -0.05) is 60.7 Å². The standard InChI is InChI=1S/C20H25N3O2/c24-20(21-11-12-23-13-15-25-16-14-23)22-19(17-7-3-1-4-8-17)18-9-5-2-6-10-18/h1-10,19H,11-16H2,(H2,21,22,24). The van der Waals surface area contributed by atoms with E-state index in [2.05, 4.69) is 15.5 Å². The van der Waals surface area contributed by atoms with Gasteiger partial charge in [-0.25, -0.2) is 4.79 Å². The van der Waals surface area contributed by atoms with Gasteiger partial charge in [-0.05, 0) is 11.1 Å². The molecule has 0 aliphatic carbocycles. The molecular weight excluding hydrogens is 314 g/mol. The van der Waals surface area contributed by atoms with Crippen molar-refractivity contribution in [3.05, 3.63) is 71.8 Å². The van der Waals surface area contributed by atoms with Gasteiger partial charge in [-0.2, -0.15) is 0 Å². The van der Waals surface area contributed by atoms with Crippen molar-refractivity contribution in [3.8, 4) is 0 Å². The van der Waals surface area contributed by atoms with E-state index < -0.39 is 0 Å². The molecule has 2 N–H and O–H groups in total. The molecule has 0 bridgehead atoms. The van der Waals surface area contributed by atoms with Gasteiger partial charge >= 0.3 is 6.03 Å². The van der Waals surface area contributed by atoms with Crippen LogP contribution in [0.5, 0.6) is 0 Å². The molecule has 132 valence electrons. The lowest BCUT2D eigenvalue weighted by Gasteiger charge is -2.26. The van der Waals surface area contributed by atoms with Crippen molar-refractivity contribution in [1.82, 2.24) is 15.5 Å². The van der Waals surface area contributed by atoms with E-state index >= 15 is 0 Å². The number of carbonyl (C=O) groups is 1. The molecule has 25 heavy (non-hydrogen) atoms. The van der Waals surface area contributed by atoms with Gasteiger partial charge in [0.2, 0.25) is 0 Å². The Bertz CT molecular complexity index is 603. The molecule has 0 unspecified atom stereocenters. The fraction of sp³-hybridized carbons (Fsp3) is 0.350. The number of rotatable bonds is 6. The topological polar surface area (TPSA) is 53.6 Å². The Labute approximate surface area is 149 Å². The summed E-state index contributed by atoms with van der Waals surface area (Å²) < 4.78 is 5.34. The number of carbonyl (C=O) groups excluding carboxylic acids is 1. The van der Waals surface area contributed by atoms with Crippen molar-refractivity contribution in [1.29, 1.82) is 0 Å². The Balaban J connectivity index is 1.57. The van der Waals surface area contributed by atoms with Crippen LogP contribution in [-0.4, -0.2) is 50.3 Å². The number of hydrogen-bond donors (Lipinski definition) is 2. The van der Waals surface area contributed by atoms with E-state index in [9.17, 15) is 4.79 Å². The van der Waals surface area contributed by atoms with Gasteiger partial charge in [-0.15, -0.1) is 0 Å². The van der Waals surface area contributed by atoms with Crippen LogP contribution in [-0.2, 0) is 4.74 Å². The second-order valence-electron chi connectivity index (χ2n) is 6.11. The molecule has 0 spiro atoms. The summed E-state index contributed by atoms with van der Waals surface area (Å²) in [6.45, 7) is 4.88. The van der Waals surface area contributed by atoms with E-state index in [1.165, 1.54) is 0 Å². The minimum absolute atomic E-state index is 0.147. The molecule has 2 aromatic rings. The van der Waals surface area contributed by atoms with Gasteiger partial charge in [0.15, 0.2) is 0 Å². The van der Waals surface area contributed by atoms with Crippen molar-refractivity contribution in [2.45, 2.75) is 6.04 Å². The molecule has 1 aliphatic heterocycles. The Morgan fingerprint density at radius 1 is 0.960 bits per heavy atom. The molecular formula is C20H25N3O2. The molecule has 0 atom stereocenters. The SMILES string of the molecule is O=C(NCCN1CCOCC1)NC(c1ccccc1)c1ccccc1. The first-order valence-electron chi connectivity index (χ1n) is 8.77. The van der Waals surface area contributed by atoms with Gasteiger partial charge in [0.1, 0.15) is 0 Å². The summed E-state index contributed by atoms with van der Waals surface area (Å²) in [5.41, 5.74) is 2.13. The first kappa shape index (κ1) is 17.5. The number of nitrogens with one attached hydrogen (secondary N) is 2. The highest BCUT2D eigenvalue weighted by atomic mass is 16.5. The Kier molecular flexibility index (Phi) is 6.42. The van der Waals surface area contributed by atoms with Crippen LogP contribution in [0.3, 0.4) is 0 Å². The number of nitrogens with zero attached hydrogens (tertiary/aromatic N) is 1. The summed E-state index contributed by atoms with van der Waals surface area (Å²) in [6, 6.07) is 19.7. The fourth-order valence-electron chi connectivity index (χ4n) is 2.98. The molecule has 0 saturated carbocycles. The zero-order chi connectivity index (χ0) is 17.3. The average molecular weight is 339 g/mol. The third kappa shape index (κ3) is 5.31. The van der Waals surface area contributed by atoms with E-state index in [0.717, 1.165) is 44.0 Å². The second kappa shape index (κ2) is 9.20. The predicted molar refractivity (Wildman–Crippen MR) is 98.5 cm³/mol. The quantitative estimate of drug-likeness (QED) is 0.850. The van der Waals surface area contributed by atoms with Gasteiger partial charge in [0.25, 0.3) is 0 Å². The van der Waals surface area contributed by atoms with Crippen molar-refractivity contribution >= 4 is 6.03 Å². The largest absolute Gasteiger partial charge is 0.379 e. The molecule has 2 aromatic carbocycles. The molecule has 1 heterocycles. The van der Waals surface area contributed by atoms with E-state index in [1.807, 2.05) is 60.7 Å². The lowest BCUT2D eigenvalue weighted by Crippen LogP contribution is -2.44. The fourth-order valence-corrected chi connectivity index (χ4v) is 2.98. The summed E-state index contributed by atoms with van der Waals surface area (Å²) in [7, 11) is 0. The van der Waals surface area contributed by atoms with Crippen LogP contribution in [0.25, 0.3) is 0 Å². The summed E-state index contributed by atoms with van der Waals surface area (Å²) in [6.07, 6.45) is 0. The molecule has 1 fully saturated rings. The monoisotopic (exact) mass is 339 g/mol. The normalized spacial score (nSPS) is 15.1. The molecule has 2 amide bonds. The van der Waals surface area contributed by atoms with Crippen molar-refractivity contribution in [3.63, 3.8) is 0 Å². The van der Waals surface area contributed by atoms with Crippen LogP contribution in [0.15, 0.2) is 60.7 Å². The van der Waals surface area contributed by atoms with Crippen molar-refractivity contribution in [2.75, 3.05) is 39.4 Å². The van der Waals surface area contributed by atoms with E-state index in [0.29, 0.717) is 6.54 Å². The summed E-state index contributed by atoms with van der Waals surface area (Å²) in [4.78, 5) is 14.7. The third-order valence-corrected chi connectivity index (χ3v) is 4.36. The number of benzene rings is 2. The number of morpholine rings is 1. The maximum absolute atomic E-state index is 12.4. The number of ether oxygens (including phenoxy) is 1. The molecule has 1 aliphatic rings. The summed E-state index contributed by atoms with van der Waals surface area (Å²) in [5, 5.41) is 6.06. The van der Waals surface area contributed by atoms with Crippen LogP contribution in [0, 0.1) is 0 Å². The lowest BCUT2D eigenvalue weighted by atomic mass is 9.99. The molecule has 0 radical (unpaired) electrons. The molecule has 3 rings (SSSR count). The van der Waals surface area contributed by atoms with E-state index in [1.54, 1.807) is 0 Å². The summed E-state index contributed by atoms with van der Waals surface area (Å²) in [5.74, 6) is 0. The van der Waals surface area contributed by atoms with Crippen LogP contribution in [0.1, 0.15) is 17.2 Å². The average Bonchev–Trinajstić information content (AvgIpc) is 2.68. The number of urea groups is 1. The second-order valence-corrected chi connectivity index (χ2v) is 6.11. The van der Waals surface area contributed by atoms with Crippen LogP contribution in [0.4, 0.5) is 4.79 Å². The van der Waals surface area contributed by atoms with E-state index in [4.69, 9.17) is 4.74 Å². The van der Waals surface area contributed by atoms with Gasteiger partial charge < -0.3 is 15.4 Å². The van der Waals surface area contributed by atoms with Crippen LogP contribution in [0.2, 0.25) is 0 Å². The Morgan fingerprint density at radius 3 is 2.08 bits per heavy atom. The molecule has 0 aromatic heterocycles. The predicted octanol–water partition coefficient (Wildman–Crippen LogP) is 2.41. The summed E-state index contributed by atoms with van der Waals surface area (Å²) >= 11 is 0. The van der Waals surface area contributed by atoms with Gasteiger partial charge in [0, 0.05) is 26.2 Å². The third-order valence-electron chi connectivity index (χ3n) is 4.36. The maximum atomic E-state index is 12.4. The van der Waals surface area contributed by atoms with Crippen molar-refractivity contribution < 1.29 is 9.53 Å². The molecule has 5 nitrogen and oxygen atoms in total. The van der Waals surface area contributed by atoms with Gasteiger partial charge in [-0.3, -0.25) is 4.90 Å². The molecule has 1 saturated heterocycles. The minimum atomic E-state index is -0.161. The first-order chi connectivity index (χ1) is 12.3.